The van der Waals surface area contributed by atoms with Crippen LogP contribution in [0.5, 0.6) is 5.75 Å². The zero-order valence-electron chi connectivity index (χ0n) is 17.6. The second kappa shape index (κ2) is 13.2. The number of aryl methyl sites for hydroxylation is 1. The summed E-state index contributed by atoms with van der Waals surface area (Å²) in [7, 11) is 0. The Hall–Kier alpha value is -1.97. The van der Waals surface area contributed by atoms with Gasteiger partial charge in [0.2, 0.25) is 0 Å². The molecule has 0 aliphatic carbocycles. The quantitative estimate of drug-likeness (QED) is 0.323. The summed E-state index contributed by atoms with van der Waals surface area (Å²) in [5.41, 5.74) is 1.83. The lowest BCUT2D eigenvalue weighted by molar-refractivity contribution is 0.290. The second-order valence-corrected chi connectivity index (χ2v) is 7.49. The molecular weight excluding hydrogens is 351 g/mol. The lowest BCUT2D eigenvalue weighted by atomic mass is 10.1. The Labute approximate surface area is 169 Å². The van der Waals surface area contributed by atoms with E-state index in [0.29, 0.717) is 23.7 Å². The molecule has 0 fully saturated rings. The van der Waals surface area contributed by atoms with Crippen molar-refractivity contribution in [3.05, 3.63) is 42.0 Å². The second-order valence-electron chi connectivity index (χ2n) is 7.49. The van der Waals surface area contributed by atoms with Gasteiger partial charge in [-0.05, 0) is 43.0 Å². The lowest BCUT2D eigenvalue weighted by Gasteiger charge is -2.09. The number of halogens is 1. The average Bonchev–Trinajstić information content (AvgIpc) is 2.72. The first-order chi connectivity index (χ1) is 13.7. The van der Waals surface area contributed by atoms with E-state index < -0.39 is 0 Å². The van der Waals surface area contributed by atoms with Crippen LogP contribution in [0.3, 0.4) is 0 Å². The van der Waals surface area contributed by atoms with Gasteiger partial charge in [0.15, 0.2) is 17.4 Å². The van der Waals surface area contributed by atoms with Crippen molar-refractivity contribution in [3.63, 3.8) is 0 Å². The third-order valence-electron chi connectivity index (χ3n) is 4.97. The smallest absolute Gasteiger partial charge is 0.165 e. The molecule has 3 nitrogen and oxygen atoms in total. The molecule has 1 aromatic carbocycles. The highest BCUT2D eigenvalue weighted by molar-refractivity contribution is 5.56. The van der Waals surface area contributed by atoms with Crippen LogP contribution in [0.25, 0.3) is 11.4 Å². The van der Waals surface area contributed by atoms with Gasteiger partial charge in [-0.2, -0.15) is 0 Å². The van der Waals surface area contributed by atoms with Crippen LogP contribution in [0.4, 0.5) is 4.39 Å². The number of rotatable bonds is 14. The monoisotopic (exact) mass is 386 g/mol. The van der Waals surface area contributed by atoms with Crippen LogP contribution < -0.4 is 4.74 Å². The van der Waals surface area contributed by atoms with Gasteiger partial charge < -0.3 is 4.74 Å². The van der Waals surface area contributed by atoms with Gasteiger partial charge in [-0.3, -0.25) is 0 Å². The molecule has 2 rings (SSSR count). The van der Waals surface area contributed by atoms with E-state index in [0.717, 1.165) is 24.8 Å². The standard InChI is InChI=1S/C24H35FN2O/c1-3-5-7-9-11-13-20-18-26-24(27-19-20)21-14-15-23(22(25)17-21)28-16-12-10-8-6-4-2/h14-15,17-19H,3-13,16H2,1-2H3. The van der Waals surface area contributed by atoms with Gasteiger partial charge in [0, 0.05) is 18.0 Å². The Kier molecular flexibility index (Phi) is 10.6. The number of unbranched alkanes of at least 4 members (excludes halogenated alkanes) is 8. The van der Waals surface area contributed by atoms with E-state index in [4.69, 9.17) is 4.74 Å². The molecule has 1 heterocycles. The third kappa shape index (κ3) is 7.95. The first-order valence-corrected chi connectivity index (χ1v) is 11.0. The molecule has 0 bridgehead atoms. The summed E-state index contributed by atoms with van der Waals surface area (Å²) in [6.45, 7) is 4.98. The highest BCUT2D eigenvalue weighted by Crippen LogP contribution is 2.24. The molecule has 0 atom stereocenters. The molecule has 0 N–H and O–H groups in total. The third-order valence-corrected chi connectivity index (χ3v) is 4.97. The minimum Gasteiger partial charge on any atom is -0.491 e. The van der Waals surface area contributed by atoms with E-state index in [1.165, 1.54) is 57.4 Å². The Morgan fingerprint density at radius 2 is 1.46 bits per heavy atom. The van der Waals surface area contributed by atoms with Crippen molar-refractivity contribution in [3.8, 4) is 17.1 Å². The normalized spacial score (nSPS) is 11.0. The summed E-state index contributed by atoms with van der Waals surface area (Å²) in [5, 5.41) is 0. The number of hydrogen-bond acceptors (Lipinski definition) is 3. The van der Waals surface area contributed by atoms with Crippen molar-refractivity contribution in [2.24, 2.45) is 0 Å². The molecule has 2 aromatic rings. The summed E-state index contributed by atoms with van der Waals surface area (Å²) in [5.74, 6) is 0.511. The molecule has 1 aromatic heterocycles. The van der Waals surface area contributed by atoms with Crippen molar-refractivity contribution >= 4 is 0 Å². The molecule has 0 amide bonds. The lowest BCUT2D eigenvalue weighted by Crippen LogP contribution is -2.00. The molecule has 0 aliphatic rings. The summed E-state index contributed by atoms with van der Waals surface area (Å²) >= 11 is 0. The van der Waals surface area contributed by atoms with Crippen molar-refractivity contribution in [2.75, 3.05) is 6.61 Å². The Balaban J connectivity index is 1.82. The highest BCUT2D eigenvalue weighted by Gasteiger charge is 2.08. The number of ether oxygens (including phenoxy) is 1. The molecule has 0 aliphatic heterocycles. The molecule has 28 heavy (non-hydrogen) atoms. The van der Waals surface area contributed by atoms with Crippen LogP contribution in [-0.4, -0.2) is 16.6 Å². The van der Waals surface area contributed by atoms with E-state index in [2.05, 4.69) is 23.8 Å². The van der Waals surface area contributed by atoms with Crippen LogP contribution in [0.2, 0.25) is 0 Å². The van der Waals surface area contributed by atoms with Crippen LogP contribution in [0.1, 0.15) is 83.6 Å². The fourth-order valence-corrected chi connectivity index (χ4v) is 3.21. The van der Waals surface area contributed by atoms with E-state index in [1.54, 1.807) is 6.07 Å². The van der Waals surface area contributed by atoms with Crippen molar-refractivity contribution < 1.29 is 9.13 Å². The maximum Gasteiger partial charge on any atom is 0.165 e. The topological polar surface area (TPSA) is 35.0 Å². The number of benzene rings is 1. The minimum absolute atomic E-state index is 0.308. The van der Waals surface area contributed by atoms with Gasteiger partial charge in [-0.25, -0.2) is 14.4 Å². The van der Waals surface area contributed by atoms with Gasteiger partial charge in [-0.1, -0.05) is 65.2 Å². The van der Waals surface area contributed by atoms with Crippen LogP contribution in [-0.2, 0) is 6.42 Å². The molecule has 4 heteroatoms. The Morgan fingerprint density at radius 3 is 2.11 bits per heavy atom. The first-order valence-electron chi connectivity index (χ1n) is 11.0. The number of aromatic nitrogens is 2. The van der Waals surface area contributed by atoms with Crippen LogP contribution >= 0.6 is 0 Å². The Morgan fingerprint density at radius 1 is 0.821 bits per heavy atom. The summed E-state index contributed by atoms with van der Waals surface area (Å²) in [6.07, 6.45) is 16.8. The van der Waals surface area contributed by atoms with Crippen LogP contribution in [0, 0.1) is 5.82 Å². The molecule has 0 spiro atoms. The summed E-state index contributed by atoms with van der Waals surface area (Å²) < 4.78 is 19.9. The number of nitrogens with zero attached hydrogens (tertiary/aromatic N) is 2. The Bertz CT molecular complexity index is 673. The largest absolute Gasteiger partial charge is 0.491 e. The zero-order valence-corrected chi connectivity index (χ0v) is 17.6. The molecule has 154 valence electrons. The van der Waals surface area contributed by atoms with Crippen molar-refractivity contribution in [1.29, 1.82) is 0 Å². The molecule has 0 saturated carbocycles. The van der Waals surface area contributed by atoms with Gasteiger partial charge in [0.25, 0.3) is 0 Å². The SMILES string of the molecule is CCCCCCCOc1ccc(-c2ncc(CCCCCCC)cn2)cc1F. The summed E-state index contributed by atoms with van der Waals surface area (Å²) in [6, 6.07) is 4.98. The maximum atomic E-state index is 14.3. The van der Waals surface area contributed by atoms with E-state index in [-0.39, 0.29) is 5.82 Å². The zero-order chi connectivity index (χ0) is 20.0. The molecular formula is C24H35FN2O. The van der Waals surface area contributed by atoms with Crippen molar-refractivity contribution in [2.45, 2.75) is 84.5 Å². The van der Waals surface area contributed by atoms with E-state index in [1.807, 2.05) is 18.5 Å². The predicted octanol–water partition coefficient (Wildman–Crippen LogP) is 7.14. The average molecular weight is 387 g/mol. The predicted molar refractivity (Wildman–Crippen MR) is 114 cm³/mol. The van der Waals surface area contributed by atoms with E-state index in [9.17, 15) is 4.39 Å². The summed E-state index contributed by atoms with van der Waals surface area (Å²) in [4.78, 5) is 8.84. The molecule has 0 saturated heterocycles. The fraction of sp³-hybridized carbons (Fsp3) is 0.583. The maximum absolute atomic E-state index is 14.3. The van der Waals surface area contributed by atoms with Gasteiger partial charge in [0.05, 0.1) is 6.61 Å². The number of hydrogen-bond donors (Lipinski definition) is 0. The molecule has 0 unspecified atom stereocenters. The van der Waals surface area contributed by atoms with Crippen molar-refractivity contribution in [1.82, 2.24) is 9.97 Å². The first kappa shape index (κ1) is 22.3. The fourth-order valence-electron chi connectivity index (χ4n) is 3.21. The van der Waals surface area contributed by atoms with E-state index >= 15 is 0 Å². The highest BCUT2D eigenvalue weighted by atomic mass is 19.1. The van der Waals surface area contributed by atoms with Gasteiger partial charge in [-0.15, -0.1) is 0 Å². The van der Waals surface area contributed by atoms with Gasteiger partial charge >= 0.3 is 0 Å². The van der Waals surface area contributed by atoms with Crippen LogP contribution in [0.15, 0.2) is 30.6 Å². The van der Waals surface area contributed by atoms with Gasteiger partial charge in [0.1, 0.15) is 0 Å². The molecule has 0 radical (unpaired) electrons. The minimum atomic E-state index is -0.352.